The number of nitrogens with two attached hydrogens (primary N) is 1. The maximum Gasteiger partial charge on any atom is 0.292 e. The Morgan fingerprint density at radius 2 is 2.15 bits per heavy atom. The molecule has 0 fully saturated rings. The van der Waals surface area contributed by atoms with E-state index in [1.165, 1.54) is 0 Å². The van der Waals surface area contributed by atoms with Crippen LogP contribution in [0, 0.1) is 0 Å². The average Bonchev–Trinajstić information content (AvgIpc) is 2.31. The van der Waals surface area contributed by atoms with Crippen LogP contribution >= 0.6 is 0 Å². The van der Waals surface area contributed by atoms with Gasteiger partial charge in [-0.05, 0) is 13.8 Å². The van der Waals surface area contributed by atoms with Crippen LogP contribution in [0.1, 0.15) is 13.8 Å². The lowest BCUT2D eigenvalue weighted by Gasteiger charge is -2.22. The van der Waals surface area contributed by atoms with Crippen LogP contribution in [0.15, 0.2) is 15.1 Å². The van der Waals surface area contributed by atoms with Crippen LogP contribution in [-0.2, 0) is 4.79 Å². The molecule has 68 valence electrons. The van der Waals surface area contributed by atoms with Crippen LogP contribution in [0.3, 0.4) is 0 Å². The number of amides is 1. The molecule has 2 aliphatic rings. The molecule has 2 heterocycles. The minimum atomic E-state index is -0.569. The Morgan fingerprint density at radius 1 is 1.46 bits per heavy atom. The first kappa shape index (κ1) is 7.90. The van der Waals surface area contributed by atoms with Crippen molar-refractivity contribution in [3.8, 4) is 0 Å². The predicted octanol–water partition coefficient (Wildman–Crippen LogP) is -0.980. The first-order valence-electron chi connectivity index (χ1n) is 3.83. The number of hydrogen-bond donors (Lipinski definition) is 2. The van der Waals surface area contributed by atoms with Crippen molar-refractivity contribution in [1.82, 2.24) is 5.43 Å². The van der Waals surface area contributed by atoms with Crippen LogP contribution in [0.4, 0.5) is 0 Å². The van der Waals surface area contributed by atoms with Gasteiger partial charge in [-0.3, -0.25) is 4.79 Å². The molecular formula is C7H9N5O. The van der Waals surface area contributed by atoms with Gasteiger partial charge >= 0.3 is 0 Å². The van der Waals surface area contributed by atoms with Crippen molar-refractivity contribution in [2.45, 2.75) is 19.4 Å². The van der Waals surface area contributed by atoms with Crippen LogP contribution in [0.2, 0.25) is 0 Å². The summed E-state index contributed by atoms with van der Waals surface area (Å²) < 4.78 is 0. The van der Waals surface area contributed by atoms with Gasteiger partial charge < -0.3 is 5.73 Å². The van der Waals surface area contributed by atoms with E-state index >= 15 is 0 Å². The maximum absolute atomic E-state index is 11.2. The number of aliphatic imine (C=N–C) groups is 2. The summed E-state index contributed by atoms with van der Waals surface area (Å²) in [5, 5.41) is 3.85. The van der Waals surface area contributed by atoms with Crippen molar-refractivity contribution >= 4 is 23.3 Å². The lowest BCUT2D eigenvalue weighted by atomic mass is 9.94. The van der Waals surface area contributed by atoms with Gasteiger partial charge in [0.05, 0.1) is 0 Å². The number of carbonyl (C=O) groups excluding carboxylic acids is 1. The van der Waals surface area contributed by atoms with Crippen LogP contribution in [0.5, 0.6) is 0 Å². The Kier molecular flexibility index (Phi) is 1.31. The Balaban J connectivity index is 2.56. The topological polar surface area (TPSA) is 92.2 Å². The van der Waals surface area contributed by atoms with Gasteiger partial charge in [-0.15, -0.1) is 0 Å². The van der Waals surface area contributed by atoms with Gasteiger partial charge in [-0.2, -0.15) is 5.10 Å². The molecule has 3 N–H and O–H groups in total. The highest BCUT2D eigenvalue weighted by Crippen LogP contribution is 2.19. The van der Waals surface area contributed by atoms with E-state index in [1.54, 1.807) is 0 Å². The molecule has 6 nitrogen and oxygen atoms in total. The molecule has 0 spiro atoms. The van der Waals surface area contributed by atoms with Crippen LogP contribution in [-0.4, -0.2) is 28.8 Å². The number of hydrazone groups is 1. The maximum atomic E-state index is 11.2. The summed E-state index contributed by atoms with van der Waals surface area (Å²) in [4.78, 5) is 19.1. The fraction of sp³-hybridized carbons (Fsp3) is 0.429. The second-order valence-corrected chi connectivity index (χ2v) is 3.39. The smallest absolute Gasteiger partial charge is 0.292 e. The average molecular weight is 179 g/mol. The van der Waals surface area contributed by atoms with E-state index in [0.717, 1.165) is 0 Å². The molecule has 0 aromatic rings. The zero-order valence-corrected chi connectivity index (χ0v) is 7.33. The normalized spacial score (nSPS) is 24.2. The molecule has 0 bridgehead atoms. The van der Waals surface area contributed by atoms with Crippen molar-refractivity contribution in [2.24, 2.45) is 20.8 Å². The van der Waals surface area contributed by atoms with Gasteiger partial charge in [-0.25, -0.2) is 15.4 Å². The summed E-state index contributed by atoms with van der Waals surface area (Å²) in [6.07, 6.45) is 0. The Hall–Kier alpha value is -1.72. The van der Waals surface area contributed by atoms with E-state index in [2.05, 4.69) is 20.5 Å². The number of carbonyl (C=O) groups is 1. The van der Waals surface area contributed by atoms with Gasteiger partial charge in [0.1, 0.15) is 11.3 Å². The van der Waals surface area contributed by atoms with Crippen molar-refractivity contribution in [1.29, 1.82) is 0 Å². The molecule has 2 rings (SSSR count). The number of guanidine groups is 1. The predicted molar refractivity (Wildman–Crippen MR) is 48.7 cm³/mol. The van der Waals surface area contributed by atoms with Crippen molar-refractivity contribution < 1.29 is 4.79 Å². The summed E-state index contributed by atoms with van der Waals surface area (Å²) in [5.74, 6) is -0.197. The summed E-state index contributed by atoms with van der Waals surface area (Å²) in [6, 6.07) is 0. The third-order valence-corrected chi connectivity index (χ3v) is 1.91. The summed E-state index contributed by atoms with van der Waals surface area (Å²) in [5.41, 5.74) is 8.04. The first-order valence-corrected chi connectivity index (χ1v) is 3.83. The van der Waals surface area contributed by atoms with Gasteiger partial charge in [-0.1, -0.05) is 0 Å². The third-order valence-electron chi connectivity index (χ3n) is 1.91. The van der Waals surface area contributed by atoms with Gasteiger partial charge in [0, 0.05) is 0 Å². The second kappa shape index (κ2) is 2.15. The van der Waals surface area contributed by atoms with Crippen LogP contribution in [0.25, 0.3) is 0 Å². The Morgan fingerprint density at radius 3 is 2.85 bits per heavy atom. The van der Waals surface area contributed by atoms with Crippen molar-refractivity contribution in [2.75, 3.05) is 0 Å². The number of rotatable bonds is 0. The number of fused-ring (bicyclic) bond motifs is 1. The van der Waals surface area contributed by atoms with Crippen molar-refractivity contribution in [3.63, 3.8) is 0 Å². The largest absolute Gasteiger partial charge is 0.368 e. The first-order chi connectivity index (χ1) is 6.00. The molecular weight excluding hydrogens is 170 g/mol. The fourth-order valence-electron chi connectivity index (χ4n) is 1.33. The van der Waals surface area contributed by atoms with E-state index in [0.29, 0.717) is 5.71 Å². The van der Waals surface area contributed by atoms with E-state index in [4.69, 9.17) is 5.73 Å². The number of hydrogen-bond acceptors (Lipinski definition) is 5. The van der Waals surface area contributed by atoms with E-state index in [9.17, 15) is 4.79 Å². The second-order valence-electron chi connectivity index (χ2n) is 3.39. The highest BCUT2D eigenvalue weighted by atomic mass is 16.2. The molecule has 6 heteroatoms. The lowest BCUT2D eigenvalue weighted by Crippen LogP contribution is -2.42. The SMILES string of the molecule is CC1(C)N=C(N)N=C2C(=O)NN=C21. The molecule has 2 aliphatic heterocycles. The van der Waals surface area contributed by atoms with Crippen molar-refractivity contribution in [3.05, 3.63) is 0 Å². The highest BCUT2D eigenvalue weighted by molar-refractivity contribution is 6.71. The van der Waals surface area contributed by atoms with E-state index < -0.39 is 5.54 Å². The molecule has 0 saturated heterocycles. The molecule has 0 radical (unpaired) electrons. The molecule has 0 atom stereocenters. The molecule has 13 heavy (non-hydrogen) atoms. The highest BCUT2D eigenvalue weighted by Gasteiger charge is 2.39. The third kappa shape index (κ3) is 1.02. The zero-order chi connectivity index (χ0) is 9.64. The molecule has 1 amide bonds. The standard InChI is InChI=1S/C7H9N5O/c1-7(2)4-3(5(13)12-11-4)9-6(8)10-7/h1-2H3,(H2,8,10)(H,12,13). The quantitative estimate of drug-likeness (QED) is 0.500. The molecule has 0 unspecified atom stereocenters. The number of nitrogens with zero attached hydrogens (tertiary/aromatic N) is 3. The Labute approximate surface area is 74.6 Å². The minimum Gasteiger partial charge on any atom is -0.368 e. The monoisotopic (exact) mass is 179 g/mol. The van der Waals surface area contributed by atoms with Crippen LogP contribution < -0.4 is 11.2 Å². The Bertz CT molecular complexity index is 376. The van der Waals surface area contributed by atoms with Gasteiger partial charge in [0.15, 0.2) is 5.71 Å². The fourth-order valence-corrected chi connectivity index (χ4v) is 1.33. The van der Waals surface area contributed by atoms with E-state index in [-0.39, 0.29) is 17.6 Å². The molecule has 0 aromatic heterocycles. The summed E-state index contributed by atoms with van der Waals surface area (Å²) in [7, 11) is 0. The molecule has 0 aliphatic carbocycles. The summed E-state index contributed by atoms with van der Waals surface area (Å²) >= 11 is 0. The number of nitrogens with one attached hydrogen (secondary N) is 1. The van der Waals surface area contributed by atoms with Gasteiger partial charge in [0.25, 0.3) is 5.91 Å². The van der Waals surface area contributed by atoms with E-state index in [1.807, 2.05) is 13.8 Å². The van der Waals surface area contributed by atoms with Gasteiger partial charge in [0.2, 0.25) is 5.96 Å². The zero-order valence-electron chi connectivity index (χ0n) is 7.33. The lowest BCUT2D eigenvalue weighted by molar-refractivity contribution is -0.114. The summed E-state index contributed by atoms with van der Waals surface area (Å²) in [6.45, 7) is 3.65. The molecule has 0 saturated carbocycles. The minimum absolute atomic E-state index is 0.121. The molecule has 0 aromatic carbocycles.